The smallest absolute Gasteiger partial charge is 0.252 e. The molecule has 0 spiro atoms. The molecule has 3 aromatic heterocycles. The van der Waals surface area contributed by atoms with Crippen LogP contribution in [0.4, 0.5) is 13.2 Å². The zero-order valence-electron chi connectivity index (χ0n) is 14.5. The quantitative estimate of drug-likeness (QED) is 0.617. The van der Waals surface area contributed by atoms with E-state index in [-0.39, 0.29) is 22.2 Å². The van der Waals surface area contributed by atoms with Gasteiger partial charge in [0.05, 0.1) is 17.9 Å². The summed E-state index contributed by atoms with van der Waals surface area (Å²) in [5.41, 5.74) is 7.26. The first-order valence-corrected chi connectivity index (χ1v) is 9.92. The van der Waals surface area contributed by atoms with Crippen LogP contribution in [0.2, 0.25) is 4.34 Å². The summed E-state index contributed by atoms with van der Waals surface area (Å²) < 4.78 is 43.3. The molecule has 0 aromatic carbocycles. The van der Waals surface area contributed by atoms with Gasteiger partial charge < -0.3 is 5.73 Å². The van der Waals surface area contributed by atoms with E-state index in [2.05, 4.69) is 10.1 Å². The highest BCUT2D eigenvalue weighted by atomic mass is 35.5. The number of hydrogen-bond acceptors (Lipinski definition) is 5. The minimum absolute atomic E-state index is 0.0510. The van der Waals surface area contributed by atoms with E-state index in [0.717, 1.165) is 11.3 Å². The molecule has 1 fully saturated rings. The monoisotopic (exact) mass is 428 g/mol. The third-order valence-electron chi connectivity index (χ3n) is 5.07. The number of pyridine rings is 1. The maximum Gasteiger partial charge on any atom is 0.252 e. The van der Waals surface area contributed by atoms with Gasteiger partial charge in [-0.3, -0.25) is 4.79 Å². The average molecular weight is 429 g/mol. The number of nitrogens with zero attached hydrogens (tertiary/aromatic N) is 3. The zero-order valence-corrected chi connectivity index (χ0v) is 16.1. The van der Waals surface area contributed by atoms with Crippen molar-refractivity contribution in [1.82, 2.24) is 14.6 Å². The molecule has 148 valence electrons. The molecule has 0 bridgehead atoms. The first kappa shape index (κ1) is 19.4. The standard InChI is InChI=1S/C18H16ClF3N4OS/c19-16-15(10-7-24-26-8-9(20)3-4-13(10)26)25-17(28-16)14(27)6-11-12(23)2-1-5-18(11,21)22/h3-4,7-8,11-12H,1-2,5-6,23H2/t11-,12+/m1/s1. The number of Topliss-reactive ketones (excluding diaryl/α,β-unsaturated/α-hetero) is 1. The van der Waals surface area contributed by atoms with Crippen LogP contribution in [0.25, 0.3) is 16.8 Å². The van der Waals surface area contributed by atoms with Gasteiger partial charge in [0, 0.05) is 30.4 Å². The van der Waals surface area contributed by atoms with Crippen molar-refractivity contribution in [3.8, 4) is 11.3 Å². The van der Waals surface area contributed by atoms with Crippen molar-refractivity contribution in [2.24, 2.45) is 11.7 Å². The Hall–Kier alpha value is -1.97. The number of alkyl halides is 2. The molecule has 10 heteroatoms. The van der Waals surface area contributed by atoms with E-state index >= 15 is 0 Å². The average Bonchev–Trinajstić information content (AvgIpc) is 3.20. The van der Waals surface area contributed by atoms with Gasteiger partial charge in [-0.15, -0.1) is 0 Å². The molecule has 1 aliphatic rings. The number of aromatic nitrogens is 3. The van der Waals surface area contributed by atoms with Gasteiger partial charge in [0.1, 0.15) is 15.8 Å². The lowest BCUT2D eigenvalue weighted by atomic mass is 9.79. The topological polar surface area (TPSA) is 73.3 Å². The lowest BCUT2D eigenvalue weighted by molar-refractivity contribution is -0.0923. The lowest BCUT2D eigenvalue weighted by Gasteiger charge is -2.35. The van der Waals surface area contributed by atoms with E-state index in [1.807, 2.05) is 0 Å². The van der Waals surface area contributed by atoms with Gasteiger partial charge in [-0.05, 0) is 25.0 Å². The first-order valence-electron chi connectivity index (χ1n) is 8.72. The maximum atomic E-state index is 14.2. The Morgan fingerprint density at radius 2 is 2.21 bits per heavy atom. The van der Waals surface area contributed by atoms with Crippen LogP contribution in [0.3, 0.4) is 0 Å². The van der Waals surface area contributed by atoms with E-state index in [4.69, 9.17) is 17.3 Å². The van der Waals surface area contributed by atoms with E-state index in [9.17, 15) is 18.0 Å². The van der Waals surface area contributed by atoms with Crippen LogP contribution in [0.1, 0.15) is 35.5 Å². The van der Waals surface area contributed by atoms with Crippen LogP contribution in [0.5, 0.6) is 0 Å². The summed E-state index contributed by atoms with van der Waals surface area (Å²) in [6.45, 7) is 0. The van der Waals surface area contributed by atoms with Crippen molar-refractivity contribution < 1.29 is 18.0 Å². The van der Waals surface area contributed by atoms with Crippen LogP contribution in [-0.4, -0.2) is 32.3 Å². The Balaban J connectivity index is 1.63. The highest BCUT2D eigenvalue weighted by Crippen LogP contribution is 2.41. The summed E-state index contributed by atoms with van der Waals surface area (Å²) in [4.78, 5) is 16.9. The van der Waals surface area contributed by atoms with E-state index in [1.165, 1.54) is 29.0 Å². The zero-order chi connectivity index (χ0) is 20.1. The number of fused-ring (bicyclic) bond motifs is 1. The van der Waals surface area contributed by atoms with E-state index in [1.54, 1.807) is 0 Å². The number of hydrogen-bond donors (Lipinski definition) is 1. The SMILES string of the molecule is N[C@H]1CCCC(F)(F)[C@@H]1CC(=O)c1nc(-c2cnn3cc(F)ccc23)c(Cl)s1. The number of carbonyl (C=O) groups excluding carboxylic acids is 1. The van der Waals surface area contributed by atoms with Gasteiger partial charge in [0.15, 0.2) is 10.8 Å². The molecule has 3 heterocycles. The fourth-order valence-electron chi connectivity index (χ4n) is 3.59. The molecule has 0 amide bonds. The molecular formula is C18H16ClF3N4OS. The third kappa shape index (κ3) is 3.42. The van der Waals surface area contributed by atoms with Crippen molar-refractivity contribution in [2.45, 2.75) is 37.6 Å². The Morgan fingerprint density at radius 3 is 2.96 bits per heavy atom. The molecule has 0 saturated heterocycles. The second kappa shape index (κ2) is 7.13. The summed E-state index contributed by atoms with van der Waals surface area (Å²) in [5, 5.41) is 4.11. The maximum absolute atomic E-state index is 14.2. The molecule has 0 unspecified atom stereocenters. The van der Waals surface area contributed by atoms with Gasteiger partial charge in [0.25, 0.3) is 5.92 Å². The normalized spacial score (nSPS) is 21.9. The minimum Gasteiger partial charge on any atom is -0.327 e. The molecule has 28 heavy (non-hydrogen) atoms. The molecule has 0 aliphatic heterocycles. The minimum atomic E-state index is -2.97. The molecule has 2 N–H and O–H groups in total. The van der Waals surface area contributed by atoms with Gasteiger partial charge in [0.2, 0.25) is 0 Å². The molecule has 2 atom stereocenters. The fourth-order valence-corrected chi connectivity index (χ4v) is 4.71. The number of rotatable bonds is 4. The second-order valence-electron chi connectivity index (χ2n) is 6.93. The van der Waals surface area contributed by atoms with Crippen molar-refractivity contribution in [2.75, 3.05) is 0 Å². The Labute approximate surface area is 167 Å². The highest BCUT2D eigenvalue weighted by molar-refractivity contribution is 7.18. The van der Waals surface area contributed by atoms with Crippen LogP contribution >= 0.6 is 22.9 Å². The predicted molar refractivity (Wildman–Crippen MR) is 100 cm³/mol. The first-order chi connectivity index (χ1) is 13.3. The summed E-state index contributed by atoms with van der Waals surface area (Å²) in [6.07, 6.45) is 2.85. The molecule has 1 saturated carbocycles. The van der Waals surface area contributed by atoms with E-state index < -0.39 is 29.5 Å². The number of nitrogens with two attached hydrogens (primary N) is 1. The van der Waals surface area contributed by atoms with Crippen LogP contribution in [0, 0.1) is 11.7 Å². The fraction of sp³-hybridized carbons (Fsp3) is 0.389. The van der Waals surface area contributed by atoms with Crippen molar-refractivity contribution in [3.63, 3.8) is 0 Å². The van der Waals surface area contributed by atoms with Gasteiger partial charge >= 0.3 is 0 Å². The highest BCUT2D eigenvalue weighted by Gasteiger charge is 2.46. The van der Waals surface area contributed by atoms with Gasteiger partial charge in [-0.2, -0.15) is 5.10 Å². The molecule has 3 aromatic rings. The number of carbonyl (C=O) groups is 1. The number of thiazole rings is 1. The Morgan fingerprint density at radius 1 is 1.43 bits per heavy atom. The van der Waals surface area contributed by atoms with Crippen molar-refractivity contribution in [1.29, 1.82) is 0 Å². The Kier molecular flexibility index (Phi) is 4.93. The van der Waals surface area contributed by atoms with E-state index in [0.29, 0.717) is 29.6 Å². The summed E-state index contributed by atoms with van der Waals surface area (Å²) in [5.74, 6) is -5.14. The largest absolute Gasteiger partial charge is 0.327 e. The second-order valence-corrected chi connectivity index (χ2v) is 8.53. The lowest BCUT2D eigenvalue weighted by Crippen LogP contribution is -2.46. The third-order valence-corrected chi connectivity index (χ3v) is 6.37. The molecule has 0 radical (unpaired) electrons. The summed E-state index contributed by atoms with van der Waals surface area (Å²) >= 11 is 7.19. The Bertz CT molecular complexity index is 1050. The number of ketones is 1. The molecule has 1 aliphatic carbocycles. The summed E-state index contributed by atoms with van der Waals surface area (Å²) in [6, 6.07) is 2.08. The van der Waals surface area contributed by atoms with Gasteiger partial charge in [-0.1, -0.05) is 22.9 Å². The van der Waals surface area contributed by atoms with Crippen LogP contribution in [0.15, 0.2) is 24.5 Å². The summed E-state index contributed by atoms with van der Waals surface area (Å²) in [7, 11) is 0. The van der Waals surface area contributed by atoms with Crippen LogP contribution < -0.4 is 5.73 Å². The number of halogens is 4. The predicted octanol–water partition coefficient (Wildman–Crippen LogP) is 4.59. The van der Waals surface area contributed by atoms with Crippen LogP contribution in [-0.2, 0) is 0 Å². The van der Waals surface area contributed by atoms with Crippen molar-refractivity contribution >= 4 is 34.2 Å². The molecule has 4 rings (SSSR count). The molecular weight excluding hydrogens is 413 g/mol. The molecule has 5 nitrogen and oxygen atoms in total. The van der Waals surface area contributed by atoms with Crippen molar-refractivity contribution in [3.05, 3.63) is 39.7 Å². The van der Waals surface area contributed by atoms with Gasteiger partial charge in [-0.25, -0.2) is 22.7 Å².